The SMILES string of the molecule is CNCc1ccccc1N1C2CCC1CC(O)C2. The number of hydrogen-bond donors (Lipinski definition) is 2. The molecule has 18 heavy (non-hydrogen) atoms. The van der Waals surface area contributed by atoms with Gasteiger partial charge in [-0.2, -0.15) is 0 Å². The minimum Gasteiger partial charge on any atom is -0.393 e. The Morgan fingerprint density at radius 1 is 1.22 bits per heavy atom. The number of aliphatic hydroxyl groups is 1. The van der Waals surface area contributed by atoms with E-state index in [4.69, 9.17) is 0 Å². The molecular weight excluding hydrogens is 224 g/mol. The van der Waals surface area contributed by atoms with Gasteiger partial charge in [0.05, 0.1) is 6.10 Å². The van der Waals surface area contributed by atoms with Gasteiger partial charge in [0, 0.05) is 24.3 Å². The fraction of sp³-hybridized carbons (Fsp3) is 0.600. The highest BCUT2D eigenvalue weighted by atomic mass is 16.3. The van der Waals surface area contributed by atoms with Crippen LogP contribution in [0.2, 0.25) is 0 Å². The monoisotopic (exact) mass is 246 g/mol. The van der Waals surface area contributed by atoms with Crippen molar-refractivity contribution >= 4 is 5.69 Å². The number of piperidine rings is 1. The number of nitrogens with one attached hydrogen (secondary N) is 1. The van der Waals surface area contributed by atoms with E-state index < -0.39 is 0 Å². The molecule has 0 spiro atoms. The maximum atomic E-state index is 9.89. The van der Waals surface area contributed by atoms with Crippen LogP contribution < -0.4 is 10.2 Å². The topological polar surface area (TPSA) is 35.5 Å². The molecule has 0 radical (unpaired) electrons. The van der Waals surface area contributed by atoms with Crippen LogP contribution in [0.1, 0.15) is 31.2 Å². The predicted octanol–water partition coefficient (Wildman–Crippen LogP) is 1.90. The van der Waals surface area contributed by atoms with Crippen LogP contribution in [0.3, 0.4) is 0 Å². The first-order valence-electron chi connectivity index (χ1n) is 6.98. The van der Waals surface area contributed by atoms with Gasteiger partial charge in [-0.15, -0.1) is 0 Å². The van der Waals surface area contributed by atoms with Crippen LogP contribution in [0, 0.1) is 0 Å². The van der Waals surface area contributed by atoms with Gasteiger partial charge in [-0.25, -0.2) is 0 Å². The number of nitrogens with zero attached hydrogens (tertiary/aromatic N) is 1. The van der Waals surface area contributed by atoms with Crippen LogP contribution in [0.15, 0.2) is 24.3 Å². The first-order chi connectivity index (χ1) is 8.79. The molecule has 3 rings (SSSR count). The summed E-state index contributed by atoms with van der Waals surface area (Å²) in [5, 5.41) is 13.1. The maximum Gasteiger partial charge on any atom is 0.0579 e. The second kappa shape index (κ2) is 4.90. The highest BCUT2D eigenvalue weighted by molar-refractivity contribution is 5.56. The molecular formula is C15H22N2O. The van der Waals surface area contributed by atoms with Gasteiger partial charge in [0.2, 0.25) is 0 Å². The lowest BCUT2D eigenvalue weighted by molar-refractivity contribution is 0.126. The number of benzene rings is 1. The summed E-state index contributed by atoms with van der Waals surface area (Å²) in [5.41, 5.74) is 2.74. The standard InChI is InChI=1S/C15H22N2O/c1-16-10-11-4-2-3-5-15(11)17-12-6-7-13(17)9-14(18)8-12/h2-5,12-14,16,18H,6-10H2,1H3. The maximum absolute atomic E-state index is 9.89. The van der Waals surface area contributed by atoms with Crippen molar-refractivity contribution in [2.24, 2.45) is 0 Å². The molecule has 3 nitrogen and oxygen atoms in total. The van der Waals surface area contributed by atoms with E-state index in [2.05, 4.69) is 34.5 Å². The summed E-state index contributed by atoms with van der Waals surface area (Å²) >= 11 is 0. The number of aliphatic hydroxyl groups excluding tert-OH is 1. The number of rotatable bonds is 3. The Balaban J connectivity index is 1.91. The van der Waals surface area contributed by atoms with Crippen molar-refractivity contribution in [1.82, 2.24) is 5.32 Å². The van der Waals surface area contributed by atoms with Crippen molar-refractivity contribution in [3.63, 3.8) is 0 Å². The van der Waals surface area contributed by atoms with E-state index in [9.17, 15) is 5.11 Å². The van der Waals surface area contributed by atoms with Gasteiger partial charge in [-0.3, -0.25) is 0 Å². The summed E-state index contributed by atoms with van der Waals surface area (Å²) < 4.78 is 0. The molecule has 2 bridgehead atoms. The molecule has 0 aliphatic carbocycles. The quantitative estimate of drug-likeness (QED) is 0.855. The fourth-order valence-electron chi connectivity index (χ4n) is 3.64. The van der Waals surface area contributed by atoms with Gasteiger partial charge in [0.1, 0.15) is 0 Å². The smallest absolute Gasteiger partial charge is 0.0579 e. The molecule has 0 saturated carbocycles. The Labute approximate surface area is 109 Å². The Morgan fingerprint density at radius 2 is 1.89 bits per heavy atom. The molecule has 2 aliphatic heterocycles. The number of hydrogen-bond acceptors (Lipinski definition) is 3. The zero-order valence-corrected chi connectivity index (χ0v) is 11.0. The van der Waals surface area contributed by atoms with E-state index in [1.807, 2.05) is 7.05 Å². The number of fused-ring (bicyclic) bond motifs is 2. The molecule has 2 atom stereocenters. The molecule has 2 saturated heterocycles. The van der Waals surface area contributed by atoms with E-state index in [1.54, 1.807) is 0 Å². The average Bonchev–Trinajstić information content (AvgIpc) is 2.63. The third-order valence-corrected chi connectivity index (χ3v) is 4.35. The Morgan fingerprint density at radius 3 is 2.56 bits per heavy atom. The van der Waals surface area contributed by atoms with Crippen LogP contribution in [0.25, 0.3) is 0 Å². The normalized spacial score (nSPS) is 30.8. The van der Waals surface area contributed by atoms with E-state index >= 15 is 0 Å². The molecule has 2 unspecified atom stereocenters. The lowest BCUT2D eigenvalue weighted by Gasteiger charge is -2.40. The fourth-order valence-corrected chi connectivity index (χ4v) is 3.64. The first-order valence-corrected chi connectivity index (χ1v) is 6.98. The highest BCUT2D eigenvalue weighted by Gasteiger charge is 2.40. The molecule has 2 fully saturated rings. The molecule has 98 valence electrons. The van der Waals surface area contributed by atoms with E-state index in [1.165, 1.54) is 24.1 Å². The van der Waals surface area contributed by atoms with Crippen molar-refractivity contribution in [3.05, 3.63) is 29.8 Å². The lowest BCUT2D eigenvalue weighted by atomic mass is 9.98. The van der Waals surface area contributed by atoms with Crippen LogP contribution in [-0.2, 0) is 6.54 Å². The predicted molar refractivity (Wildman–Crippen MR) is 73.7 cm³/mol. The van der Waals surface area contributed by atoms with E-state index in [0.717, 1.165) is 19.4 Å². The Bertz CT molecular complexity index is 407. The largest absolute Gasteiger partial charge is 0.393 e. The molecule has 0 aromatic heterocycles. The minimum absolute atomic E-state index is 0.0878. The average molecular weight is 246 g/mol. The first kappa shape index (κ1) is 12.0. The molecule has 1 aromatic rings. The van der Waals surface area contributed by atoms with Gasteiger partial charge in [0.15, 0.2) is 0 Å². The molecule has 0 amide bonds. The van der Waals surface area contributed by atoms with Gasteiger partial charge in [-0.05, 0) is 44.4 Å². The zero-order chi connectivity index (χ0) is 12.5. The number of anilines is 1. The second-order valence-electron chi connectivity index (χ2n) is 5.58. The molecule has 2 aliphatic rings. The summed E-state index contributed by atoms with van der Waals surface area (Å²) in [6.07, 6.45) is 4.25. The summed E-state index contributed by atoms with van der Waals surface area (Å²) in [6, 6.07) is 9.75. The van der Waals surface area contributed by atoms with Crippen molar-refractivity contribution in [1.29, 1.82) is 0 Å². The van der Waals surface area contributed by atoms with Gasteiger partial charge < -0.3 is 15.3 Å². The van der Waals surface area contributed by atoms with Crippen molar-refractivity contribution in [2.75, 3.05) is 11.9 Å². The van der Waals surface area contributed by atoms with Crippen molar-refractivity contribution in [3.8, 4) is 0 Å². The van der Waals surface area contributed by atoms with Crippen LogP contribution in [-0.4, -0.2) is 30.3 Å². The Hall–Kier alpha value is -1.06. The molecule has 3 heteroatoms. The summed E-state index contributed by atoms with van der Waals surface area (Å²) in [4.78, 5) is 2.57. The number of para-hydroxylation sites is 1. The molecule has 2 N–H and O–H groups in total. The van der Waals surface area contributed by atoms with Crippen LogP contribution >= 0.6 is 0 Å². The highest BCUT2D eigenvalue weighted by Crippen LogP contribution is 2.40. The molecule has 2 heterocycles. The lowest BCUT2D eigenvalue weighted by Crippen LogP contribution is -2.45. The van der Waals surface area contributed by atoms with E-state index in [0.29, 0.717) is 12.1 Å². The Kier molecular flexibility index (Phi) is 3.27. The minimum atomic E-state index is -0.0878. The van der Waals surface area contributed by atoms with Crippen LogP contribution in [0.5, 0.6) is 0 Å². The van der Waals surface area contributed by atoms with Crippen molar-refractivity contribution in [2.45, 2.75) is 50.4 Å². The van der Waals surface area contributed by atoms with E-state index in [-0.39, 0.29) is 6.10 Å². The van der Waals surface area contributed by atoms with Gasteiger partial charge >= 0.3 is 0 Å². The third kappa shape index (κ3) is 2.02. The summed E-state index contributed by atoms with van der Waals surface area (Å²) in [5.74, 6) is 0. The second-order valence-corrected chi connectivity index (χ2v) is 5.58. The zero-order valence-electron chi connectivity index (χ0n) is 11.0. The van der Waals surface area contributed by atoms with Gasteiger partial charge in [-0.1, -0.05) is 18.2 Å². The van der Waals surface area contributed by atoms with Crippen LogP contribution in [0.4, 0.5) is 5.69 Å². The van der Waals surface area contributed by atoms with Gasteiger partial charge in [0.25, 0.3) is 0 Å². The summed E-state index contributed by atoms with van der Waals surface area (Å²) in [6.45, 7) is 0.911. The third-order valence-electron chi connectivity index (χ3n) is 4.35. The summed E-state index contributed by atoms with van der Waals surface area (Å²) in [7, 11) is 1.99. The van der Waals surface area contributed by atoms with Crippen molar-refractivity contribution < 1.29 is 5.11 Å². The molecule has 1 aromatic carbocycles.